The summed E-state index contributed by atoms with van der Waals surface area (Å²) in [6.07, 6.45) is 3.37. The lowest BCUT2D eigenvalue weighted by atomic mass is 10.0. The van der Waals surface area contributed by atoms with Crippen LogP contribution < -0.4 is 9.80 Å². The van der Waals surface area contributed by atoms with Crippen LogP contribution >= 0.6 is 11.8 Å². The van der Waals surface area contributed by atoms with Crippen LogP contribution in [-0.2, 0) is 0 Å². The number of thioether (sulfide) groups is 1. The number of rotatable bonds is 3. The largest absolute Gasteiger partial charge is 0.353 e. The van der Waals surface area contributed by atoms with Gasteiger partial charge >= 0.3 is 0 Å². The molecule has 0 aromatic heterocycles. The van der Waals surface area contributed by atoms with E-state index in [1.54, 1.807) is 0 Å². The quantitative estimate of drug-likeness (QED) is 0.732. The fourth-order valence-electron chi connectivity index (χ4n) is 3.74. The highest BCUT2D eigenvalue weighted by molar-refractivity contribution is 7.98. The summed E-state index contributed by atoms with van der Waals surface area (Å²) < 4.78 is 0. The van der Waals surface area contributed by atoms with Crippen LogP contribution in [0.2, 0.25) is 0 Å². The summed E-state index contributed by atoms with van der Waals surface area (Å²) in [6, 6.07) is 13.4. The molecule has 0 aliphatic carbocycles. The minimum Gasteiger partial charge on any atom is -0.353 e. The van der Waals surface area contributed by atoms with Gasteiger partial charge in [-0.05, 0) is 56.7 Å². The van der Waals surface area contributed by atoms with Crippen molar-refractivity contribution in [3.8, 4) is 0 Å². The van der Waals surface area contributed by atoms with Gasteiger partial charge in [-0.2, -0.15) is 0 Å². The zero-order valence-corrected chi connectivity index (χ0v) is 15.4. The van der Waals surface area contributed by atoms with E-state index in [9.17, 15) is 0 Å². The summed E-state index contributed by atoms with van der Waals surface area (Å²) in [4.78, 5) is 6.44. The van der Waals surface area contributed by atoms with Gasteiger partial charge in [-0.1, -0.05) is 29.8 Å². The lowest BCUT2D eigenvalue weighted by molar-refractivity contribution is 0.610. The summed E-state index contributed by atoms with van der Waals surface area (Å²) in [7, 11) is 0. The van der Waals surface area contributed by atoms with Gasteiger partial charge in [0.05, 0.1) is 12.4 Å². The maximum absolute atomic E-state index is 2.55. The SMILES string of the molecule is CSc1ccccc1N1CCCN(c2c(C)cc(C)cc2C)C1. The molecule has 1 heterocycles. The van der Waals surface area contributed by atoms with Crippen molar-refractivity contribution in [2.24, 2.45) is 0 Å². The zero-order chi connectivity index (χ0) is 16.4. The van der Waals surface area contributed by atoms with Gasteiger partial charge in [-0.15, -0.1) is 11.8 Å². The fraction of sp³-hybridized carbons (Fsp3) is 0.400. The lowest BCUT2D eigenvalue weighted by Crippen LogP contribution is -2.45. The molecule has 2 aromatic rings. The number of anilines is 2. The Labute approximate surface area is 144 Å². The van der Waals surface area contributed by atoms with Crippen LogP contribution in [0.5, 0.6) is 0 Å². The molecular formula is C20H26N2S. The molecule has 0 bridgehead atoms. The molecule has 3 rings (SSSR count). The van der Waals surface area contributed by atoms with Crippen molar-refractivity contribution in [3.63, 3.8) is 0 Å². The van der Waals surface area contributed by atoms with Crippen LogP contribution in [0.1, 0.15) is 23.1 Å². The van der Waals surface area contributed by atoms with Gasteiger partial charge in [0.25, 0.3) is 0 Å². The van der Waals surface area contributed by atoms with Crippen molar-refractivity contribution in [1.82, 2.24) is 0 Å². The normalized spacial score (nSPS) is 15.1. The number of aryl methyl sites for hydroxylation is 3. The Morgan fingerprint density at radius 2 is 1.57 bits per heavy atom. The number of benzene rings is 2. The van der Waals surface area contributed by atoms with E-state index in [0.29, 0.717) is 0 Å². The Kier molecular flexibility index (Phi) is 4.86. The number of hydrogen-bond donors (Lipinski definition) is 0. The monoisotopic (exact) mass is 326 g/mol. The smallest absolute Gasteiger partial charge is 0.0903 e. The zero-order valence-electron chi connectivity index (χ0n) is 14.6. The third-order valence-electron chi connectivity index (χ3n) is 4.57. The van der Waals surface area contributed by atoms with E-state index < -0.39 is 0 Å². The van der Waals surface area contributed by atoms with Gasteiger partial charge in [0, 0.05) is 23.7 Å². The molecule has 0 spiro atoms. The molecule has 0 amide bonds. The van der Waals surface area contributed by atoms with Crippen LogP contribution in [0.4, 0.5) is 11.4 Å². The first-order chi connectivity index (χ1) is 11.1. The van der Waals surface area contributed by atoms with Crippen molar-refractivity contribution in [2.75, 3.05) is 35.8 Å². The van der Waals surface area contributed by atoms with Crippen molar-refractivity contribution in [3.05, 3.63) is 53.1 Å². The molecule has 23 heavy (non-hydrogen) atoms. The minimum absolute atomic E-state index is 0.975. The Morgan fingerprint density at radius 3 is 2.26 bits per heavy atom. The molecule has 1 saturated heterocycles. The molecule has 2 aromatic carbocycles. The predicted octanol–water partition coefficient (Wildman–Crippen LogP) is 5.01. The molecule has 0 N–H and O–H groups in total. The molecule has 1 aliphatic heterocycles. The highest BCUT2D eigenvalue weighted by atomic mass is 32.2. The van der Waals surface area contributed by atoms with Gasteiger partial charge in [0.15, 0.2) is 0 Å². The third kappa shape index (κ3) is 3.35. The number of hydrogen-bond acceptors (Lipinski definition) is 3. The first kappa shape index (κ1) is 16.3. The Balaban J connectivity index is 1.90. The summed E-state index contributed by atoms with van der Waals surface area (Å²) >= 11 is 1.83. The van der Waals surface area contributed by atoms with Gasteiger partial charge in [-0.3, -0.25) is 0 Å². The maximum Gasteiger partial charge on any atom is 0.0903 e. The van der Waals surface area contributed by atoms with E-state index in [4.69, 9.17) is 0 Å². The second-order valence-electron chi connectivity index (χ2n) is 6.44. The maximum atomic E-state index is 2.55. The standard InChI is InChI=1S/C20H26N2S/c1-15-12-16(2)20(17(3)13-15)22-11-7-10-21(14-22)18-8-5-6-9-19(18)23-4/h5-6,8-9,12-13H,7,10-11,14H2,1-4H3. The molecule has 0 saturated carbocycles. The summed E-state index contributed by atoms with van der Waals surface area (Å²) in [5.41, 5.74) is 6.92. The first-order valence-corrected chi connectivity index (χ1v) is 9.53. The van der Waals surface area contributed by atoms with Gasteiger partial charge < -0.3 is 9.80 Å². The summed E-state index contributed by atoms with van der Waals surface area (Å²) in [5.74, 6) is 0. The van der Waals surface area contributed by atoms with Crippen LogP contribution in [0, 0.1) is 20.8 Å². The molecule has 3 heteroatoms. The molecule has 1 fully saturated rings. The van der Waals surface area contributed by atoms with Gasteiger partial charge in [0.1, 0.15) is 0 Å². The minimum atomic E-state index is 0.975. The molecule has 0 atom stereocenters. The Hall–Kier alpha value is -1.61. The molecular weight excluding hydrogens is 300 g/mol. The van der Waals surface area contributed by atoms with E-state index in [0.717, 1.165) is 19.8 Å². The van der Waals surface area contributed by atoms with E-state index in [1.807, 2.05) is 11.8 Å². The van der Waals surface area contributed by atoms with Gasteiger partial charge in [-0.25, -0.2) is 0 Å². The third-order valence-corrected chi connectivity index (χ3v) is 5.36. The first-order valence-electron chi connectivity index (χ1n) is 8.31. The average Bonchev–Trinajstić information content (AvgIpc) is 2.54. The Bertz CT molecular complexity index is 673. The van der Waals surface area contributed by atoms with E-state index >= 15 is 0 Å². The van der Waals surface area contributed by atoms with E-state index in [1.165, 1.54) is 39.4 Å². The highest BCUT2D eigenvalue weighted by Gasteiger charge is 2.22. The molecule has 1 aliphatic rings. The average molecular weight is 327 g/mol. The molecule has 2 nitrogen and oxygen atoms in total. The van der Waals surface area contributed by atoms with Crippen molar-refractivity contribution in [2.45, 2.75) is 32.1 Å². The Morgan fingerprint density at radius 1 is 0.913 bits per heavy atom. The van der Waals surface area contributed by atoms with E-state index in [2.05, 4.69) is 73.2 Å². The lowest BCUT2D eigenvalue weighted by Gasteiger charge is -2.40. The second kappa shape index (κ2) is 6.88. The molecule has 122 valence electrons. The van der Waals surface area contributed by atoms with Crippen LogP contribution in [-0.4, -0.2) is 26.0 Å². The summed E-state index contributed by atoms with van der Waals surface area (Å²) in [5, 5.41) is 0. The predicted molar refractivity (Wildman–Crippen MR) is 103 cm³/mol. The van der Waals surface area contributed by atoms with E-state index in [-0.39, 0.29) is 0 Å². The second-order valence-corrected chi connectivity index (χ2v) is 7.29. The highest BCUT2D eigenvalue weighted by Crippen LogP contribution is 2.33. The van der Waals surface area contributed by atoms with Crippen LogP contribution in [0.15, 0.2) is 41.3 Å². The van der Waals surface area contributed by atoms with Crippen molar-refractivity contribution < 1.29 is 0 Å². The summed E-state index contributed by atoms with van der Waals surface area (Å²) in [6.45, 7) is 9.91. The number of nitrogens with zero attached hydrogens (tertiary/aromatic N) is 2. The van der Waals surface area contributed by atoms with Crippen molar-refractivity contribution in [1.29, 1.82) is 0 Å². The van der Waals surface area contributed by atoms with Gasteiger partial charge in [0.2, 0.25) is 0 Å². The number of para-hydroxylation sites is 1. The molecule has 0 unspecified atom stereocenters. The topological polar surface area (TPSA) is 6.48 Å². The fourth-order valence-corrected chi connectivity index (χ4v) is 4.36. The van der Waals surface area contributed by atoms with Crippen molar-refractivity contribution >= 4 is 23.1 Å². The van der Waals surface area contributed by atoms with Crippen LogP contribution in [0.25, 0.3) is 0 Å². The van der Waals surface area contributed by atoms with Crippen LogP contribution in [0.3, 0.4) is 0 Å². The molecule has 0 radical (unpaired) electrons.